The standard InChI is InChI=1S/C14H26O.C2H6/c1-11-3-5-12(6-4-11)13-7-9-14(15-2)10-8-13;1-2/h11-14H,3-10H2,1-2H3;1-2H3. The van der Waals surface area contributed by atoms with Gasteiger partial charge in [0.05, 0.1) is 6.10 Å². The summed E-state index contributed by atoms with van der Waals surface area (Å²) in [5.41, 5.74) is 0. The summed E-state index contributed by atoms with van der Waals surface area (Å²) < 4.78 is 5.44. The monoisotopic (exact) mass is 240 g/mol. The van der Waals surface area contributed by atoms with Crippen molar-refractivity contribution in [2.45, 2.75) is 78.2 Å². The molecule has 0 aromatic rings. The molecule has 0 aromatic heterocycles. The van der Waals surface area contributed by atoms with Crippen LogP contribution in [0.5, 0.6) is 0 Å². The fourth-order valence-electron chi connectivity index (χ4n) is 3.55. The van der Waals surface area contributed by atoms with Crippen LogP contribution in [0, 0.1) is 17.8 Å². The largest absolute Gasteiger partial charge is 0.381 e. The summed E-state index contributed by atoms with van der Waals surface area (Å²) in [7, 11) is 1.87. The van der Waals surface area contributed by atoms with E-state index >= 15 is 0 Å². The van der Waals surface area contributed by atoms with E-state index in [4.69, 9.17) is 4.74 Å². The Morgan fingerprint density at radius 1 is 0.706 bits per heavy atom. The summed E-state index contributed by atoms with van der Waals surface area (Å²) in [6.07, 6.45) is 12.0. The second kappa shape index (κ2) is 8.13. The average molecular weight is 240 g/mol. The quantitative estimate of drug-likeness (QED) is 0.656. The Bertz CT molecular complexity index is 174. The minimum Gasteiger partial charge on any atom is -0.381 e. The summed E-state index contributed by atoms with van der Waals surface area (Å²) in [5, 5.41) is 0. The van der Waals surface area contributed by atoms with Crippen LogP contribution in [0.25, 0.3) is 0 Å². The third-order valence-corrected chi connectivity index (χ3v) is 4.78. The Morgan fingerprint density at radius 2 is 1.12 bits per heavy atom. The van der Waals surface area contributed by atoms with E-state index in [1.54, 1.807) is 0 Å². The lowest BCUT2D eigenvalue weighted by Gasteiger charge is -2.36. The van der Waals surface area contributed by atoms with Gasteiger partial charge in [0.2, 0.25) is 0 Å². The van der Waals surface area contributed by atoms with Crippen LogP contribution >= 0.6 is 0 Å². The van der Waals surface area contributed by atoms with Crippen molar-refractivity contribution >= 4 is 0 Å². The van der Waals surface area contributed by atoms with Crippen LogP contribution in [0.15, 0.2) is 0 Å². The molecule has 0 atom stereocenters. The predicted molar refractivity (Wildman–Crippen MR) is 75.2 cm³/mol. The number of hydrogen-bond acceptors (Lipinski definition) is 1. The van der Waals surface area contributed by atoms with Crippen molar-refractivity contribution in [1.82, 2.24) is 0 Å². The minimum atomic E-state index is 0.573. The molecule has 2 saturated carbocycles. The van der Waals surface area contributed by atoms with Gasteiger partial charge in [-0.3, -0.25) is 0 Å². The lowest BCUT2D eigenvalue weighted by molar-refractivity contribution is 0.0399. The Hall–Kier alpha value is -0.0400. The molecule has 0 heterocycles. The van der Waals surface area contributed by atoms with Gasteiger partial charge in [-0.25, -0.2) is 0 Å². The lowest BCUT2D eigenvalue weighted by atomic mass is 9.71. The zero-order valence-electron chi connectivity index (χ0n) is 12.4. The Kier molecular flexibility index (Phi) is 7.18. The maximum absolute atomic E-state index is 5.44. The van der Waals surface area contributed by atoms with E-state index < -0.39 is 0 Å². The third-order valence-electron chi connectivity index (χ3n) is 4.78. The molecule has 0 unspecified atom stereocenters. The van der Waals surface area contributed by atoms with Crippen LogP contribution in [0.4, 0.5) is 0 Å². The summed E-state index contributed by atoms with van der Waals surface area (Å²) >= 11 is 0. The molecule has 0 spiro atoms. The van der Waals surface area contributed by atoms with Crippen LogP contribution in [0.1, 0.15) is 72.1 Å². The van der Waals surface area contributed by atoms with Gasteiger partial charge in [0.25, 0.3) is 0 Å². The van der Waals surface area contributed by atoms with Gasteiger partial charge in [-0.2, -0.15) is 0 Å². The molecule has 1 heteroatoms. The predicted octanol–water partition coefficient (Wildman–Crippen LogP) is 5.04. The molecule has 17 heavy (non-hydrogen) atoms. The van der Waals surface area contributed by atoms with Gasteiger partial charge >= 0.3 is 0 Å². The fourth-order valence-corrected chi connectivity index (χ4v) is 3.55. The van der Waals surface area contributed by atoms with Crippen LogP contribution in [0.2, 0.25) is 0 Å². The molecule has 1 nitrogen and oxygen atoms in total. The Morgan fingerprint density at radius 3 is 1.53 bits per heavy atom. The van der Waals surface area contributed by atoms with Crippen molar-refractivity contribution < 1.29 is 4.74 Å². The van der Waals surface area contributed by atoms with Gasteiger partial charge in [0.1, 0.15) is 0 Å². The molecule has 2 aliphatic carbocycles. The maximum Gasteiger partial charge on any atom is 0.0571 e. The molecule has 0 aliphatic heterocycles. The Balaban J connectivity index is 0.000000686. The highest BCUT2D eigenvalue weighted by atomic mass is 16.5. The number of methoxy groups -OCH3 is 1. The molecular weight excluding hydrogens is 208 g/mol. The van der Waals surface area contributed by atoms with E-state index in [-0.39, 0.29) is 0 Å². The van der Waals surface area contributed by atoms with Crippen molar-refractivity contribution in [3.8, 4) is 0 Å². The highest BCUT2D eigenvalue weighted by Gasteiger charge is 2.29. The number of rotatable bonds is 2. The second-order valence-electron chi connectivity index (χ2n) is 5.79. The minimum absolute atomic E-state index is 0.573. The number of ether oxygens (including phenoxy) is 1. The molecule has 0 aromatic carbocycles. The van der Waals surface area contributed by atoms with Gasteiger partial charge < -0.3 is 4.74 Å². The van der Waals surface area contributed by atoms with Gasteiger partial charge in [0, 0.05) is 7.11 Å². The first-order chi connectivity index (χ1) is 8.29. The van der Waals surface area contributed by atoms with Gasteiger partial charge in [-0.05, 0) is 56.3 Å². The first kappa shape index (κ1) is 15.0. The van der Waals surface area contributed by atoms with Crippen LogP contribution in [-0.2, 0) is 4.74 Å². The molecule has 102 valence electrons. The van der Waals surface area contributed by atoms with Crippen molar-refractivity contribution in [3.05, 3.63) is 0 Å². The molecule has 0 bridgehead atoms. The highest BCUT2D eigenvalue weighted by Crippen LogP contribution is 2.40. The summed E-state index contributed by atoms with van der Waals surface area (Å²) in [6, 6.07) is 0. The summed E-state index contributed by atoms with van der Waals surface area (Å²) in [4.78, 5) is 0. The van der Waals surface area contributed by atoms with Crippen molar-refractivity contribution in [2.24, 2.45) is 17.8 Å². The molecule has 2 rings (SSSR count). The van der Waals surface area contributed by atoms with Crippen molar-refractivity contribution in [2.75, 3.05) is 7.11 Å². The smallest absolute Gasteiger partial charge is 0.0571 e. The lowest BCUT2D eigenvalue weighted by Crippen LogP contribution is -2.27. The number of hydrogen-bond donors (Lipinski definition) is 0. The van der Waals surface area contributed by atoms with Crippen molar-refractivity contribution in [1.29, 1.82) is 0 Å². The topological polar surface area (TPSA) is 9.23 Å². The van der Waals surface area contributed by atoms with Gasteiger partial charge in [-0.15, -0.1) is 0 Å². The molecule has 0 radical (unpaired) electrons. The van der Waals surface area contributed by atoms with Gasteiger partial charge in [-0.1, -0.05) is 33.6 Å². The fraction of sp³-hybridized carbons (Fsp3) is 1.00. The molecule has 0 N–H and O–H groups in total. The van der Waals surface area contributed by atoms with E-state index in [1.165, 1.54) is 51.4 Å². The van der Waals surface area contributed by atoms with Crippen LogP contribution < -0.4 is 0 Å². The zero-order valence-corrected chi connectivity index (χ0v) is 12.4. The van der Waals surface area contributed by atoms with E-state index in [2.05, 4.69) is 6.92 Å². The molecule has 2 aliphatic rings. The first-order valence-electron chi connectivity index (χ1n) is 7.82. The highest BCUT2D eigenvalue weighted by molar-refractivity contribution is 4.81. The first-order valence-corrected chi connectivity index (χ1v) is 7.82. The molecule has 0 amide bonds. The van der Waals surface area contributed by atoms with Gasteiger partial charge in [0.15, 0.2) is 0 Å². The van der Waals surface area contributed by atoms with Crippen LogP contribution in [0.3, 0.4) is 0 Å². The third kappa shape index (κ3) is 4.62. The summed E-state index contributed by atoms with van der Waals surface area (Å²) in [6.45, 7) is 6.41. The Labute approximate surface area is 108 Å². The van der Waals surface area contributed by atoms with Crippen molar-refractivity contribution in [3.63, 3.8) is 0 Å². The van der Waals surface area contributed by atoms with E-state index in [9.17, 15) is 0 Å². The SMILES string of the molecule is CC.COC1CCC(C2CCC(C)CC2)CC1. The van der Waals surface area contributed by atoms with E-state index in [1.807, 2.05) is 21.0 Å². The van der Waals surface area contributed by atoms with E-state index in [0.29, 0.717) is 6.10 Å². The molecule has 2 fully saturated rings. The zero-order chi connectivity index (χ0) is 12.7. The molecular formula is C16H32O. The normalized spacial score (nSPS) is 38.1. The summed E-state index contributed by atoms with van der Waals surface area (Å²) in [5.74, 6) is 3.08. The second-order valence-corrected chi connectivity index (χ2v) is 5.79. The maximum atomic E-state index is 5.44. The van der Waals surface area contributed by atoms with Crippen LogP contribution in [-0.4, -0.2) is 13.2 Å². The molecule has 0 saturated heterocycles. The average Bonchev–Trinajstić information content (AvgIpc) is 2.42. The van der Waals surface area contributed by atoms with E-state index in [0.717, 1.165) is 17.8 Å².